The van der Waals surface area contributed by atoms with Crippen molar-refractivity contribution in [2.45, 2.75) is 71.1 Å². The largest absolute Gasteiger partial charge is 0.458 e. The molecule has 150 valence electrons. The molecule has 1 fully saturated rings. The average Bonchev–Trinajstić information content (AvgIpc) is 3.07. The molecular formula is C24H31NO3. The number of hydrogen-bond acceptors (Lipinski definition) is 4. The summed E-state index contributed by atoms with van der Waals surface area (Å²) in [4.78, 5) is 15.4. The lowest BCUT2D eigenvalue weighted by molar-refractivity contribution is -0.168. The maximum absolute atomic E-state index is 13.0. The van der Waals surface area contributed by atoms with Crippen molar-refractivity contribution >= 4 is 5.97 Å². The van der Waals surface area contributed by atoms with Gasteiger partial charge in [0.15, 0.2) is 6.10 Å². The summed E-state index contributed by atoms with van der Waals surface area (Å²) in [7, 11) is 0. The van der Waals surface area contributed by atoms with Crippen LogP contribution in [0.1, 0.15) is 64.3 Å². The molecule has 28 heavy (non-hydrogen) atoms. The van der Waals surface area contributed by atoms with Crippen molar-refractivity contribution < 1.29 is 14.3 Å². The smallest absolute Gasteiger partial charge is 0.337 e. The van der Waals surface area contributed by atoms with Gasteiger partial charge in [0.05, 0.1) is 6.04 Å². The fourth-order valence-electron chi connectivity index (χ4n) is 3.89. The Morgan fingerprint density at radius 1 is 1.07 bits per heavy atom. The second-order valence-electron chi connectivity index (χ2n) is 8.34. The van der Waals surface area contributed by atoms with Gasteiger partial charge in [-0.25, -0.2) is 4.79 Å². The zero-order valence-electron chi connectivity index (χ0n) is 17.5. The summed E-state index contributed by atoms with van der Waals surface area (Å²) in [5, 5.41) is 0. The molecule has 1 aliphatic rings. The van der Waals surface area contributed by atoms with Crippen LogP contribution in [0.5, 0.6) is 0 Å². The molecule has 2 aromatic carbocycles. The third-order valence-electron chi connectivity index (χ3n) is 5.10. The summed E-state index contributed by atoms with van der Waals surface area (Å²) in [5.41, 5.74) is 1.72. The van der Waals surface area contributed by atoms with Crippen molar-refractivity contribution in [1.29, 1.82) is 0 Å². The van der Waals surface area contributed by atoms with Crippen LogP contribution in [-0.4, -0.2) is 28.8 Å². The van der Waals surface area contributed by atoms with E-state index in [1.54, 1.807) is 0 Å². The Morgan fingerprint density at radius 2 is 1.64 bits per heavy atom. The molecule has 1 heterocycles. The SMILES string of the molecule is CC[C@@H]1O[C@H](C(=O)OC(C)(C)C)[C@H](c2ccccc2)N1C(C)c1ccccc1. The first-order valence-corrected chi connectivity index (χ1v) is 10.1. The molecule has 3 rings (SSSR count). The third kappa shape index (κ3) is 4.45. The van der Waals surface area contributed by atoms with Crippen LogP contribution < -0.4 is 0 Å². The maximum Gasteiger partial charge on any atom is 0.337 e. The standard InChI is InChI=1S/C24H31NO3/c1-6-20-25(17(2)18-13-9-7-10-14-18)21(19-15-11-8-12-16-19)22(27-20)23(26)28-24(3,4)5/h7-17,20-22H,6H2,1-5H3/t17?,20-,21-,22-/m0/s1. The quantitative estimate of drug-likeness (QED) is 0.662. The van der Waals surface area contributed by atoms with Crippen molar-refractivity contribution in [2.75, 3.05) is 0 Å². The average molecular weight is 382 g/mol. The fourth-order valence-corrected chi connectivity index (χ4v) is 3.89. The molecule has 2 aromatic rings. The van der Waals surface area contributed by atoms with E-state index in [1.807, 2.05) is 57.2 Å². The van der Waals surface area contributed by atoms with Crippen LogP contribution in [0.2, 0.25) is 0 Å². The second-order valence-corrected chi connectivity index (χ2v) is 8.34. The summed E-state index contributed by atoms with van der Waals surface area (Å²) in [6.45, 7) is 9.93. The third-order valence-corrected chi connectivity index (χ3v) is 5.10. The van der Waals surface area contributed by atoms with Crippen LogP contribution in [-0.2, 0) is 14.3 Å². The molecule has 0 aliphatic carbocycles. The number of hydrogen-bond donors (Lipinski definition) is 0. The van der Waals surface area contributed by atoms with Crippen LogP contribution >= 0.6 is 0 Å². The van der Waals surface area contributed by atoms with Crippen molar-refractivity contribution in [2.24, 2.45) is 0 Å². The first-order chi connectivity index (χ1) is 13.3. The summed E-state index contributed by atoms with van der Waals surface area (Å²) in [6.07, 6.45) is -0.0181. The Balaban J connectivity index is 2.01. The number of benzene rings is 2. The lowest BCUT2D eigenvalue weighted by atomic mass is 9.96. The minimum atomic E-state index is -0.655. The van der Waals surface area contributed by atoms with E-state index in [9.17, 15) is 4.79 Å². The Morgan fingerprint density at radius 3 is 2.18 bits per heavy atom. The molecule has 0 N–H and O–H groups in total. The van der Waals surface area contributed by atoms with E-state index >= 15 is 0 Å². The van der Waals surface area contributed by atoms with Crippen LogP contribution in [0.4, 0.5) is 0 Å². The molecular weight excluding hydrogens is 350 g/mol. The van der Waals surface area contributed by atoms with Crippen LogP contribution in [0.15, 0.2) is 60.7 Å². The zero-order chi connectivity index (χ0) is 20.3. The molecule has 0 spiro atoms. The maximum atomic E-state index is 13.0. The first-order valence-electron chi connectivity index (χ1n) is 10.1. The van der Waals surface area contributed by atoms with Gasteiger partial charge >= 0.3 is 5.97 Å². The van der Waals surface area contributed by atoms with Gasteiger partial charge in [0.2, 0.25) is 0 Å². The Bertz CT molecular complexity index is 769. The summed E-state index contributed by atoms with van der Waals surface area (Å²) in [6, 6.07) is 20.4. The predicted octanol–water partition coefficient (Wildman–Crippen LogP) is 5.27. The highest BCUT2D eigenvalue weighted by Crippen LogP contribution is 2.43. The van der Waals surface area contributed by atoms with Gasteiger partial charge in [0, 0.05) is 6.04 Å². The van der Waals surface area contributed by atoms with Crippen molar-refractivity contribution in [3.63, 3.8) is 0 Å². The van der Waals surface area contributed by atoms with Gasteiger partial charge in [-0.05, 0) is 45.2 Å². The molecule has 0 radical (unpaired) electrons. The van der Waals surface area contributed by atoms with Crippen LogP contribution in [0.3, 0.4) is 0 Å². The summed E-state index contributed by atoms with van der Waals surface area (Å²) >= 11 is 0. The van der Waals surface area contributed by atoms with Gasteiger partial charge in [-0.2, -0.15) is 0 Å². The van der Waals surface area contributed by atoms with E-state index in [1.165, 1.54) is 5.56 Å². The number of esters is 1. The molecule has 1 unspecified atom stereocenters. The van der Waals surface area contributed by atoms with Gasteiger partial charge in [-0.15, -0.1) is 0 Å². The van der Waals surface area contributed by atoms with E-state index in [0.717, 1.165) is 12.0 Å². The number of carbonyl (C=O) groups is 1. The Kier molecular flexibility index (Phi) is 6.21. The molecule has 0 saturated carbocycles. The number of nitrogens with zero attached hydrogens (tertiary/aromatic N) is 1. The van der Waals surface area contributed by atoms with E-state index in [2.05, 4.69) is 43.0 Å². The van der Waals surface area contributed by atoms with Crippen LogP contribution in [0, 0.1) is 0 Å². The van der Waals surface area contributed by atoms with Gasteiger partial charge in [-0.1, -0.05) is 67.6 Å². The molecule has 4 atom stereocenters. The zero-order valence-corrected chi connectivity index (χ0v) is 17.5. The van der Waals surface area contributed by atoms with Gasteiger partial charge in [-0.3, -0.25) is 4.90 Å². The monoisotopic (exact) mass is 381 g/mol. The predicted molar refractivity (Wildman–Crippen MR) is 111 cm³/mol. The molecule has 4 nitrogen and oxygen atoms in total. The Hall–Kier alpha value is -2.17. The van der Waals surface area contributed by atoms with Crippen molar-refractivity contribution in [3.8, 4) is 0 Å². The number of carbonyl (C=O) groups excluding carboxylic acids is 1. The normalized spacial score (nSPS) is 24.1. The highest BCUT2D eigenvalue weighted by atomic mass is 16.6. The second kappa shape index (κ2) is 8.46. The molecule has 1 aliphatic heterocycles. The highest BCUT2D eigenvalue weighted by molar-refractivity contribution is 5.77. The summed E-state index contributed by atoms with van der Waals surface area (Å²) < 4.78 is 12.0. The van der Waals surface area contributed by atoms with Crippen LogP contribution in [0.25, 0.3) is 0 Å². The number of rotatable bonds is 5. The first kappa shape index (κ1) is 20.6. The van der Waals surface area contributed by atoms with Crippen molar-refractivity contribution in [1.82, 2.24) is 4.90 Å². The van der Waals surface area contributed by atoms with Crippen molar-refractivity contribution in [3.05, 3.63) is 71.8 Å². The van der Waals surface area contributed by atoms with Gasteiger partial charge in [0.25, 0.3) is 0 Å². The molecule has 0 amide bonds. The minimum Gasteiger partial charge on any atom is -0.458 e. The molecule has 1 saturated heterocycles. The van der Waals surface area contributed by atoms with E-state index in [0.29, 0.717) is 0 Å². The minimum absolute atomic E-state index is 0.101. The summed E-state index contributed by atoms with van der Waals surface area (Å²) in [5.74, 6) is -0.303. The lowest BCUT2D eigenvalue weighted by Gasteiger charge is -2.34. The lowest BCUT2D eigenvalue weighted by Crippen LogP contribution is -2.38. The topological polar surface area (TPSA) is 38.8 Å². The van der Waals surface area contributed by atoms with E-state index in [4.69, 9.17) is 9.47 Å². The van der Waals surface area contributed by atoms with E-state index < -0.39 is 11.7 Å². The fraction of sp³-hybridized carbons (Fsp3) is 0.458. The molecule has 0 aromatic heterocycles. The van der Waals surface area contributed by atoms with Gasteiger partial charge in [0.1, 0.15) is 11.8 Å². The highest BCUT2D eigenvalue weighted by Gasteiger charge is 2.49. The Labute approximate surface area is 168 Å². The van der Waals surface area contributed by atoms with Gasteiger partial charge < -0.3 is 9.47 Å². The molecule has 4 heteroatoms. The number of ether oxygens (including phenoxy) is 2. The van der Waals surface area contributed by atoms with E-state index in [-0.39, 0.29) is 24.3 Å². The molecule has 0 bridgehead atoms.